The molecule has 1 fully saturated rings. The Morgan fingerprint density at radius 3 is 2.33 bits per heavy atom. The van der Waals surface area contributed by atoms with Crippen LogP contribution in [-0.4, -0.2) is 24.8 Å². The summed E-state index contributed by atoms with van der Waals surface area (Å²) in [6, 6.07) is 0.637. The first-order chi connectivity index (χ1) is 8.28. The van der Waals surface area contributed by atoms with Crippen molar-refractivity contribution in [2.24, 2.45) is 17.3 Å². The van der Waals surface area contributed by atoms with E-state index < -0.39 is 0 Å². The minimum Gasteiger partial charge on any atom is -0.377 e. The molecule has 2 heteroatoms. The summed E-state index contributed by atoms with van der Waals surface area (Å²) in [5.41, 5.74) is 0.179. The summed E-state index contributed by atoms with van der Waals surface area (Å²) in [5.74, 6) is 3.92. The van der Waals surface area contributed by atoms with Crippen LogP contribution >= 0.6 is 0 Å². The van der Waals surface area contributed by atoms with Crippen molar-refractivity contribution < 1.29 is 4.74 Å². The summed E-state index contributed by atoms with van der Waals surface area (Å²) in [5, 5.41) is 3.59. The molecule has 3 unspecified atom stereocenters. The monoisotopic (exact) mass is 251 g/mol. The molecule has 0 heterocycles. The Bertz CT molecular complexity index is 301. The Labute approximate surface area is 113 Å². The second-order valence-electron chi connectivity index (χ2n) is 6.88. The quantitative estimate of drug-likeness (QED) is 0.733. The largest absolute Gasteiger partial charge is 0.377 e. The van der Waals surface area contributed by atoms with E-state index >= 15 is 0 Å². The third kappa shape index (κ3) is 3.49. The lowest BCUT2D eigenvalue weighted by Crippen LogP contribution is -2.63. The molecule has 3 atom stereocenters. The molecule has 0 saturated heterocycles. The zero-order chi connectivity index (χ0) is 13.9. The Kier molecular flexibility index (Phi) is 5.25. The van der Waals surface area contributed by atoms with E-state index in [0.29, 0.717) is 24.0 Å². The maximum absolute atomic E-state index is 5.97. The molecule has 1 aliphatic carbocycles. The summed E-state index contributed by atoms with van der Waals surface area (Å²) >= 11 is 0. The van der Waals surface area contributed by atoms with Crippen LogP contribution in [0.5, 0.6) is 0 Å². The molecule has 0 aromatic carbocycles. The van der Waals surface area contributed by atoms with Gasteiger partial charge in [0.2, 0.25) is 0 Å². The van der Waals surface area contributed by atoms with E-state index in [-0.39, 0.29) is 11.5 Å². The zero-order valence-corrected chi connectivity index (χ0v) is 12.8. The fourth-order valence-electron chi connectivity index (χ4n) is 2.41. The standard InChI is InChI=1S/C16H29NO/c1-8-13(12(4)5)17-14-9-15(16(14,6)7)18-10-11(2)3/h1,11-15,17H,9-10H2,2-7H3. The van der Waals surface area contributed by atoms with E-state index in [1.165, 1.54) is 0 Å². The van der Waals surface area contributed by atoms with Crippen LogP contribution in [0.25, 0.3) is 0 Å². The van der Waals surface area contributed by atoms with Gasteiger partial charge >= 0.3 is 0 Å². The third-order valence-corrected chi connectivity index (χ3v) is 4.04. The predicted molar refractivity (Wildman–Crippen MR) is 77.4 cm³/mol. The highest BCUT2D eigenvalue weighted by Gasteiger charge is 2.49. The number of rotatable bonds is 6. The smallest absolute Gasteiger partial charge is 0.0712 e. The lowest BCUT2D eigenvalue weighted by molar-refractivity contribution is -0.125. The summed E-state index contributed by atoms with van der Waals surface area (Å²) in [4.78, 5) is 0. The molecule has 0 bridgehead atoms. The van der Waals surface area contributed by atoms with E-state index in [4.69, 9.17) is 11.2 Å². The predicted octanol–water partition coefficient (Wildman–Crippen LogP) is 3.07. The first-order valence-electron chi connectivity index (χ1n) is 7.12. The van der Waals surface area contributed by atoms with E-state index in [2.05, 4.69) is 52.8 Å². The number of terminal acetylenes is 1. The summed E-state index contributed by atoms with van der Waals surface area (Å²) < 4.78 is 5.97. The van der Waals surface area contributed by atoms with E-state index in [9.17, 15) is 0 Å². The number of ether oxygens (including phenoxy) is 1. The average Bonchev–Trinajstić information content (AvgIpc) is 2.26. The molecule has 0 aromatic heterocycles. The van der Waals surface area contributed by atoms with Gasteiger partial charge in [-0.05, 0) is 18.3 Å². The SMILES string of the molecule is C#CC(NC1CC(OCC(C)C)C1(C)C)C(C)C. The first kappa shape index (κ1) is 15.5. The fourth-order valence-corrected chi connectivity index (χ4v) is 2.41. The lowest BCUT2D eigenvalue weighted by Gasteiger charge is -2.53. The van der Waals surface area contributed by atoms with Crippen molar-refractivity contribution in [1.29, 1.82) is 0 Å². The van der Waals surface area contributed by atoms with Crippen molar-refractivity contribution in [3.8, 4) is 12.3 Å². The number of nitrogens with one attached hydrogen (secondary N) is 1. The Hall–Kier alpha value is -0.520. The van der Waals surface area contributed by atoms with Gasteiger partial charge in [-0.2, -0.15) is 0 Å². The minimum atomic E-state index is 0.167. The van der Waals surface area contributed by atoms with Crippen molar-refractivity contribution in [1.82, 2.24) is 5.32 Å². The van der Waals surface area contributed by atoms with Gasteiger partial charge in [-0.25, -0.2) is 0 Å². The van der Waals surface area contributed by atoms with Crippen LogP contribution in [0, 0.1) is 29.6 Å². The molecule has 0 spiro atoms. The number of hydrogen-bond donors (Lipinski definition) is 1. The van der Waals surface area contributed by atoms with Crippen LogP contribution in [0.2, 0.25) is 0 Å². The van der Waals surface area contributed by atoms with Crippen LogP contribution in [0.3, 0.4) is 0 Å². The van der Waals surface area contributed by atoms with Crippen LogP contribution < -0.4 is 5.32 Å². The maximum Gasteiger partial charge on any atom is 0.0712 e. The topological polar surface area (TPSA) is 21.3 Å². The van der Waals surface area contributed by atoms with Crippen molar-refractivity contribution in [2.45, 2.75) is 66.2 Å². The molecule has 0 aromatic rings. The van der Waals surface area contributed by atoms with Gasteiger partial charge < -0.3 is 4.74 Å². The van der Waals surface area contributed by atoms with Crippen LogP contribution in [0.4, 0.5) is 0 Å². The highest BCUT2D eigenvalue weighted by molar-refractivity contribution is 5.09. The van der Waals surface area contributed by atoms with E-state index in [1.807, 2.05) is 0 Å². The zero-order valence-electron chi connectivity index (χ0n) is 12.8. The molecule has 1 aliphatic rings. The van der Waals surface area contributed by atoms with Crippen LogP contribution in [0.15, 0.2) is 0 Å². The highest BCUT2D eigenvalue weighted by atomic mass is 16.5. The second kappa shape index (κ2) is 6.08. The molecule has 2 nitrogen and oxygen atoms in total. The molecule has 0 radical (unpaired) electrons. The second-order valence-corrected chi connectivity index (χ2v) is 6.88. The summed E-state index contributed by atoms with van der Waals surface area (Å²) in [6.07, 6.45) is 7.02. The first-order valence-corrected chi connectivity index (χ1v) is 7.12. The van der Waals surface area contributed by atoms with Crippen LogP contribution in [0.1, 0.15) is 48.0 Å². The van der Waals surface area contributed by atoms with Gasteiger partial charge in [0.05, 0.1) is 12.1 Å². The average molecular weight is 251 g/mol. The third-order valence-electron chi connectivity index (χ3n) is 4.04. The molecule has 1 N–H and O–H groups in total. The molecule has 104 valence electrons. The molecular formula is C16H29NO. The summed E-state index contributed by atoms with van der Waals surface area (Å²) in [7, 11) is 0. The lowest BCUT2D eigenvalue weighted by atomic mass is 9.64. The molecule has 0 aliphatic heterocycles. The van der Waals surface area contributed by atoms with E-state index in [0.717, 1.165) is 13.0 Å². The molecule has 0 amide bonds. The van der Waals surface area contributed by atoms with E-state index in [1.54, 1.807) is 0 Å². The fraction of sp³-hybridized carbons (Fsp3) is 0.875. The van der Waals surface area contributed by atoms with Crippen LogP contribution in [-0.2, 0) is 4.74 Å². The van der Waals surface area contributed by atoms with Gasteiger partial charge in [0, 0.05) is 18.1 Å². The van der Waals surface area contributed by atoms with Gasteiger partial charge in [0.25, 0.3) is 0 Å². The highest BCUT2D eigenvalue weighted by Crippen LogP contribution is 2.43. The Morgan fingerprint density at radius 1 is 1.33 bits per heavy atom. The minimum absolute atomic E-state index is 0.167. The van der Waals surface area contributed by atoms with Crippen molar-refractivity contribution >= 4 is 0 Å². The van der Waals surface area contributed by atoms with Gasteiger partial charge in [-0.1, -0.05) is 47.5 Å². The summed E-state index contributed by atoms with van der Waals surface area (Å²) in [6.45, 7) is 14.1. The van der Waals surface area contributed by atoms with Gasteiger partial charge in [-0.3, -0.25) is 5.32 Å². The molecule has 18 heavy (non-hydrogen) atoms. The maximum atomic E-state index is 5.97. The Morgan fingerprint density at radius 2 is 1.94 bits per heavy atom. The molecule has 1 rings (SSSR count). The van der Waals surface area contributed by atoms with Gasteiger partial charge in [-0.15, -0.1) is 6.42 Å². The van der Waals surface area contributed by atoms with Gasteiger partial charge in [0.1, 0.15) is 0 Å². The van der Waals surface area contributed by atoms with Crippen molar-refractivity contribution in [2.75, 3.05) is 6.61 Å². The Balaban J connectivity index is 2.46. The van der Waals surface area contributed by atoms with Gasteiger partial charge in [0.15, 0.2) is 0 Å². The normalized spacial score (nSPS) is 27.9. The molecular weight excluding hydrogens is 222 g/mol. The molecule has 1 saturated carbocycles. The van der Waals surface area contributed by atoms with Crippen molar-refractivity contribution in [3.05, 3.63) is 0 Å². The number of hydrogen-bond acceptors (Lipinski definition) is 2. The van der Waals surface area contributed by atoms with Crippen molar-refractivity contribution in [3.63, 3.8) is 0 Å².